The van der Waals surface area contributed by atoms with Crippen LogP contribution in [-0.2, 0) is 17.8 Å². The zero-order valence-electron chi connectivity index (χ0n) is 19.6. The van der Waals surface area contributed by atoms with Crippen molar-refractivity contribution in [1.82, 2.24) is 19.1 Å². The van der Waals surface area contributed by atoms with Crippen molar-refractivity contribution in [3.05, 3.63) is 61.3 Å². The normalized spacial score (nSPS) is 11.3. The monoisotopic (exact) mass is 483 g/mol. The van der Waals surface area contributed by atoms with Gasteiger partial charge >= 0.3 is 5.69 Å². The molecule has 4 rings (SSSR count). The molecule has 0 unspecified atom stereocenters. The quantitative estimate of drug-likeness (QED) is 0.267. The third-order valence-corrected chi connectivity index (χ3v) is 5.63. The van der Waals surface area contributed by atoms with Gasteiger partial charge in [-0.2, -0.15) is 0 Å². The van der Waals surface area contributed by atoms with Crippen molar-refractivity contribution in [2.75, 3.05) is 20.8 Å². The Labute approximate surface area is 198 Å². The molecule has 0 fully saturated rings. The maximum absolute atomic E-state index is 12.8. The Morgan fingerprint density at radius 2 is 1.89 bits per heavy atom. The van der Waals surface area contributed by atoms with Crippen molar-refractivity contribution >= 4 is 16.9 Å². The highest BCUT2D eigenvalue weighted by molar-refractivity contribution is 5.77. The minimum atomic E-state index is -0.565. The Bertz CT molecular complexity index is 1490. The average molecular weight is 483 g/mol. The number of nitro groups is 1. The van der Waals surface area contributed by atoms with Crippen molar-refractivity contribution in [2.24, 2.45) is 0 Å². The molecule has 3 heterocycles. The molecule has 0 aliphatic heterocycles. The Morgan fingerprint density at radius 1 is 1.11 bits per heavy atom. The first kappa shape index (κ1) is 24.0. The molecule has 0 bridgehead atoms. The highest BCUT2D eigenvalue weighted by atomic mass is 16.6. The molecule has 35 heavy (non-hydrogen) atoms. The second-order valence-electron chi connectivity index (χ2n) is 7.82. The number of nitro benzene ring substituents is 1. The van der Waals surface area contributed by atoms with Gasteiger partial charge in [-0.3, -0.25) is 24.5 Å². The van der Waals surface area contributed by atoms with Crippen LogP contribution < -0.4 is 16.0 Å². The van der Waals surface area contributed by atoms with Gasteiger partial charge in [-0.25, -0.2) is 9.78 Å². The fourth-order valence-electron chi connectivity index (χ4n) is 3.89. The van der Waals surface area contributed by atoms with Crippen LogP contribution in [0.15, 0.2) is 44.3 Å². The van der Waals surface area contributed by atoms with Gasteiger partial charge < -0.3 is 18.5 Å². The molecular weight excluding hydrogens is 458 g/mol. The fourth-order valence-corrected chi connectivity index (χ4v) is 3.89. The lowest BCUT2D eigenvalue weighted by atomic mass is 10.1. The summed E-state index contributed by atoms with van der Waals surface area (Å²) in [5.74, 6) is 1.18. The topological polar surface area (TPSA) is 147 Å². The van der Waals surface area contributed by atoms with Crippen LogP contribution in [0, 0.1) is 10.1 Å². The summed E-state index contributed by atoms with van der Waals surface area (Å²) in [5.41, 5.74) is -0.548. The van der Waals surface area contributed by atoms with Crippen LogP contribution in [0.2, 0.25) is 0 Å². The van der Waals surface area contributed by atoms with E-state index in [9.17, 15) is 19.7 Å². The number of ether oxygens (including phenoxy) is 2. The number of unbranched alkanes of at least 4 members (excludes halogenated alkanes) is 1. The number of aromatic nitrogens is 4. The van der Waals surface area contributed by atoms with Gasteiger partial charge in [-0.15, -0.1) is 0 Å². The maximum Gasteiger partial charge on any atom is 0.330 e. The number of nitrogens with one attached hydrogen (secondary N) is 1. The van der Waals surface area contributed by atoms with Crippen molar-refractivity contribution in [2.45, 2.75) is 32.9 Å². The molecule has 0 saturated carbocycles. The number of imidazole rings is 1. The Hall–Kier alpha value is -4.19. The summed E-state index contributed by atoms with van der Waals surface area (Å²) in [5, 5.41) is 11.6. The number of H-pyrrole nitrogens is 1. The van der Waals surface area contributed by atoms with Crippen LogP contribution in [0.5, 0.6) is 5.75 Å². The molecular formula is C23H25N5O7. The van der Waals surface area contributed by atoms with Gasteiger partial charge in [0.05, 0.1) is 30.3 Å². The number of fused-ring (bicyclic) bond motifs is 1. The van der Waals surface area contributed by atoms with E-state index in [1.807, 2.05) is 6.92 Å². The second kappa shape index (κ2) is 9.97. The molecule has 1 aromatic carbocycles. The number of aryl methyl sites for hydroxylation is 1. The van der Waals surface area contributed by atoms with Gasteiger partial charge in [0.15, 0.2) is 22.7 Å². The van der Waals surface area contributed by atoms with Gasteiger partial charge in [0.2, 0.25) is 0 Å². The molecule has 0 aliphatic rings. The van der Waals surface area contributed by atoms with E-state index in [4.69, 9.17) is 13.9 Å². The zero-order chi connectivity index (χ0) is 25.1. The number of methoxy groups -OCH3 is 2. The summed E-state index contributed by atoms with van der Waals surface area (Å²) in [6, 6.07) is 7.68. The van der Waals surface area contributed by atoms with E-state index < -0.39 is 16.2 Å². The molecule has 0 saturated heterocycles. The first-order valence-electron chi connectivity index (χ1n) is 11.0. The molecule has 3 aromatic heterocycles. The Morgan fingerprint density at radius 3 is 2.57 bits per heavy atom. The molecule has 0 aliphatic carbocycles. The Balaban J connectivity index is 1.90. The average Bonchev–Trinajstić information content (AvgIpc) is 3.47. The number of benzene rings is 1. The molecule has 184 valence electrons. The summed E-state index contributed by atoms with van der Waals surface area (Å²) in [6.07, 6.45) is 1.58. The molecule has 0 spiro atoms. The highest BCUT2D eigenvalue weighted by Crippen LogP contribution is 2.36. The van der Waals surface area contributed by atoms with Crippen molar-refractivity contribution in [1.29, 1.82) is 0 Å². The van der Waals surface area contributed by atoms with E-state index in [0.717, 1.165) is 12.8 Å². The van der Waals surface area contributed by atoms with Crippen LogP contribution >= 0.6 is 0 Å². The minimum absolute atomic E-state index is 0.178. The number of rotatable bonds is 10. The highest BCUT2D eigenvalue weighted by Gasteiger charge is 2.24. The van der Waals surface area contributed by atoms with E-state index >= 15 is 0 Å². The standard InChI is InChI=1S/C23H25N5O7/c1-4-5-10-27-21-19(22(29)25-23(27)30)26(11-12-33-2)20(24-21)18-9-8-17(35-18)15-7-6-14(34-3)13-16(15)28(31)32/h6-9,13H,4-5,10-12H2,1-3H3,(H,25,29,30). The van der Waals surface area contributed by atoms with E-state index in [-0.39, 0.29) is 47.1 Å². The minimum Gasteiger partial charge on any atom is -0.497 e. The molecule has 0 atom stereocenters. The predicted molar refractivity (Wildman–Crippen MR) is 128 cm³/mol. The van der Waals surface area contributed by atoms with Gasteiger partial charge in [-0.1, -0.05) is 13.3 Å². The van der Waals surface area contributed by atoms with Gasteiger partial charge in [0.25, 0.3) is 11.2 Å². The summed E-state index contributed by atoms with van der Waals surface area (Å²) in [6.45, 7) is 2.95. The molecule has 12 nitrogen and oxygen atoms in total. The number of aromatic amines is 1. The lowest BCUT2D eigenvalue weighted by Crippen LogP contribution is -2.31. The van der Waals surface area contributed by atoms with Crippen LogP contribution in [0.4, 0.5) is 5.69 Å². The van der Waals surface area contributed by atoms with Crippen LogP contribution in [-0.4, -0.2) is 44.9 Å². The smallest absolute Gasteiger partial charge is 0.330 e. The van der Waals surface area contributed by atoms with Gasteiger partial charge in [-0.05, 0) is 30.7 Å². The maximum atomic E-state index is 12.8. The second-order valence-corrected chi connectivity index (χ2v) is 7.82. The van der Waals surface area contributed by atoms with Crippen LogP contribution in [0.1, 0.15) is 19.8 Å². The third kappa shape index (κ3) is 4.47. The van der Waals surface area contributed by atoms with E-state index in [0.29, 0.717) is 18.1 Å². The summed E-state index contributed by atoms with van der Waals surface area (Å²) >= 11 is 0. The largest absolute Gasteiger partial charge is 0.497 e. The Kier molecular flexibility index (Phi) is 6.82. The predicted octanol–water partition coefficient (Wildman–Crippen LogP) is 3.18. The van der Waals surface area contributed by atoms with E-state index in [1.54, 1.807) is 28.8 Å². The molecule has 0 radical (unpaired) electrons. The summed E-state index contributed by atoms with van der Waals surface area (Å²) in [4.78, 5) is 43.4. The van der Waals surface area contributed by atoms with Crippen molar-refractivity contribution in [3.8, 4) is 28.7 Å². The van der Waals surface area contributed by atoms with Gasteiger partial charge in [0.1, 0.15) is 11.5 Å². The number of nitrogens with zero attached hydrogens (tertiary/aromatic N) is 4. The van der Waals surface area contributed by atoms with Gasteiger partial charge in [0, 0.05) is 20.2 Å². The van der Waals surface area contributed by atoms with Crippen molar-refractivity contribution < 1.29 is 18.8 Å². The molecule has 0 amide bonds. The third-order valence-electron chi connectivity index (χ3n) is 5.63. The summed E-state index contributed by atoms with van der Waals surface area (Å²) in [7, 11) is 2.96. The zero-order valence-corrected chi connectivity index (χ0v) is 19.6. The first-order valence-corrected chi connectivity index (χ1v) is 11.0. The lowest BCUT2D eigenvalue weighted by Gasteiger charge is -2.08. The summed E-state index contributed by atoms with van der Waals surface area (Å²) < 4.78 is 19.4. The van der Waals surface area contributed by atoms with E-state index in [2.05, 4.69) is 9.97 Å². The number of hydrogen-bond acceptors (Lipinski definition) is 8. The number of hydrogen-bond donors (Lipinski definition) is 1. The molecule has 4 aromatic rings. The van der Waals surface area contributed by atoms with Crippen molar-refractivity contribution in [3.63, 3.8) is 0 Å². The first-order chi connectivity index (χ1) is 16.9. The van der Waals surface area contributed by atoms with Crippen LogP contribution in [0.3, 0.4) is 0 Å². The van der Waals surface area contributed by atoms with E-state index in [1.165, 1.54) is 24.9 Å². The lowest BCUT2D eigenvalue weighted by molar-refractivity contribution is -0.384. The molecule has 12 heteroatoms. The molecule has 1 N–H and O–H groups in total. The number of furan rings is 1. The fraction of sp³-hybridized carbons (Fsp3) is 0.348. The van der Waals surface area contributed by atoms with Crippen LogP contribution in [0.25, 0.3) is 34.1 Å². The SMILES string of the molecule is CCCCn1c(=O)[nH]c(=O)c2c1nc(-c1ccc(-c3ccc(OC)cc3[N+](=O)[O-])o1)n2CCOC.